The Morgan fingerprint density at radius 2 is 1.61 bits per heavy atom. The molecule has 0 spiro atoms. The lowest BCUT2D eigenvalue weighted by atomic mass is 9.95. The summed E-state index contributed by atoms with van der Waals surface area (Å²) in [6, 6.07) is 12.8. The van der Waals surface area contributed by atoms with Crippen molar-refractivity contribution in [1.29, 1.82) is 0 Å². The average Bonchev–Trinajstić information content (AvgIpc) is 3.05. The van der Waals surface area contributed by atoms with E-state index >= 15 is 0 Å². The fourth-order valence-corrected chi connectivity index (χ4v) is 7.29. The van der Waals surface area contributed by atoms with Crippen molar-refractivity contribution < 1.29 is 31.9 Å². The third kappa shape index (κ3) is 8.43. The van der Waals surface area contributed by atoms with Gasteiger partial charge in [-0.2, -0.15) is 0 Å². The molecule has 9 nitrogen and oxygen atoms in total. The zero-order valence-corrected chi connectivity index (χ0v) is 28.3. The first kappa shape index (κ1) is 35.3. The summed E-state index contributed by atoms with van der Waals surface area (Å²) in [4.78, 5) is 29.2. The molecule has 1 aliphatic rings. The van der Waals surface area contributed by atoms with Gasteiger partial charge in [0.15, 0.2) is 11.5 Å². The van der Waals surface area contributed by atoms with Crippen molar-refractivity contribution in [1.82, 2.24) is 10.2 Å². The maximum atomic E-state index is 14.3. The van der Waals surface area contributed by atoms with Crippen LogP contribution in [0.3, 0.4) is 0 Å². The molecular weight excluding hydrogens is 656 g/mol. The number of rotatable bonds is 13. The Kier molecular flexibility index (Phi) is 12.2. The van der Waals surface area contributed by atoms with Crippen LogP contribution in [0.4, 0.5) is 10.1 Å². The number of anilines is 1. The van der Waals surface area contributed by atoms with Gasteiger partial charge in [-0.15, -0.1) is 0 Å². The molecule has 1 atom stereocenters. The zero-order valence-electron chi connectivity index (χ0n) is 26.0. The van der Waals surface area contributed by atoms with E-state index in [0.717, 1.165) is 48.5 Å². The Labute approximate surface area is 279 Å². The van der Waals surface area contributed by atoms with Gasteiger partial charge in [-0.1, -0.05) is 55.5 Å². The van der Waals surface area contributed by atoms with Gasteiger partial charge in [0.05, 0.1) is 34.8 Å². The lowest BCUT2D eigenvalue weighted by Gasteiger charge is -2.34. The molecule has 248 valence electrons. The van der Waals surface area contributed by atoms with Gasteiger partial charge in [-0.05, 0) is 73.4 Å². The van der Waals surface area contributed by atoms with E-state index in [1.807, 2.05) is 0 Å². The maximum Gasteiger partial charge on any atom is 0.264 e. The lowest BCUT2D eigenvalue weighted by molar-refractivity contribution is -0.140. The van der Waals surface area contributed by atoms with Crippen molar-refractivity contribution in [3.8, 4) is 11.5 Å². The number of halogens is 3. The van der Waals surface area contributed by atoms with E-state index in [4.69, 9.17) is 32.7 Å². The van der Waals surface area contributed by atoms with Gasteiger partial charge in [0, 0.05) is 18.7 Å². The van der Waals surface area contributed by atoms with Crippen LogP contribution in [-0.4, -0.2) is 58.0 Å². The molecule has 0 aromatic heterocycles. The van der Waals surface area contributed by atoms with E-state index in [1.165, 1.54) is 49.5 Å². The van der Waals surface area contributed by atoms with Gasteiger partial charge in [-0.25, -0.2) is 12.8 Å². The van der Waals surface area contributed by atoms with Gasteiger partial charge < -0.3 is 19.7 Å². The summed E-state index contributed by atoms with van der Waals surface area (Å²) in [5.74, 6) is -1.07. The van der Waals surface area contributed by atoms with E-state index in [0.29, 0.717) is 16.3 Å². The van der Waals surface area contributed by atoms with Crippen molar-refractivity contribution >= 4 is 50.7 Å². The smallest absolute Gasteiger partial charge is 0.264 e. The normalized spacial score (nSPS) is 14.3. The van der Waals surface area contributed by atoms with Gasteiger partial charge in [0.25, 0.3) is 10.0 Å². The summed E-state index contributed by atoms with van der Waals surface area (Å²) in [6.07, 6.45) is 5.10. The Bertz CT molecular complexity index is 1630. The predicted octanol–water partition coefficient (Wildman–Crippen LogP) is 6.60. The fourth-order valence-electron chi connectivity index (χ4n) is 5.54. The molecule has 3 aromatic rings. The van der Waals surface area contributed by atoms with Crippen molar-refractivity contribution in [2.45, 2.75) is 69.0 Å². The van der Waals surface area contributed by atoms with Crippen molar-refractivity contribution in [3.05, 3.63) is 82.1 Å². The van der Waals surface area contributed by atoms with E-state index in [1.54, 1.807) is 25.1 Å². The van der Waals surface area contributed by atoms with E-state index in [9.17, 15) is 22.4 Å². The molecule has 0 heterocycles. The number of hydrogen-bond acceptors (Lipinski definition) is 6. The highest BCUT2D eigenvalue weighted by atomic mass is 35.5. The number of amides is 2. The van der Waals surface area contributed by atoms with Gasteiger partial charge in [-0.3, -0.25) is 13.9 Å². The number of carbonyl (C=O) groups excluding carboxylic acids is 2. The highest BCUT2D eigenvalue weighted by Gasteiger charge is 2.35. The van der Waals surface area contributed by atoms with Crippen LogP contribution < -0.4 is 19.1 Å². The van der Waals surface area contributed by atoms with Gasteiger partial charge >= 0.3 is 0 Å². The molecule has 4 rings (SSSR count). The lowest BCUT2D eigenvalue weighted by Crippen LogP contribution is -2.54. The number of nitrogens with one attached hydrogen (secondary N) is 1. The molecule has 0 aliphatic heterocycles. The number of nitrogens with zero attached hydrogens (tertiary/aromatic N) is 2. The fraction of sp³-hybridized carbons (Fsp3) is 0.394. The van der Waals surface area contributed by atoms with Gasteiger partial charge in [0.1, 0.15) is 18.4 Å². The Hall–Kier alpha value is -3.54. The molecule has 0 saturated heterocycles. The SMILES string of the molecule is CC[C@@H](C(=O)NC1CCCCC1)N(Cc1ccc(Cl)c(Cl)c1)C(=O)CN(c1ccc(F)cc1)S(=O)(=O)c1ccc(OC)c(OC)c1. The first-order chi connectivity index (χ1) is 22.0. The van der Waals surface area contributed by atoms with Crippen molar-refractivity contribution in [3.63, 3.8) is 0 Å². The highest BCUT2D eigenvalue weighted by molar-refractivity contribution is 7.92. The summed E-state index contributed by atoms with van der Waals surface area (Å²) in [5.41, 5.74) is 0.654. The molecule has 0 bridgehead atoms. The topological polar surface area (TPSA) is 105 Å². The number of methoxy groups -OCH3 is 2. The molecule has 46 heavy (non-hydrogen) atoms. The first-order valence-corrected chi connectivity index (χ1v) is 17.2. The predicted molar refractivity (Wildman–Crippen MR) is 177 cm³/mol. The number of hydrogen-bond donors (Lipinski definition) is 1. The molecule has 0 unspecified atom stereocenters. The number of sulfonamides is 1. The maximum absolute atomic E-state index is 14.3. The second-order valence-corrected chi connectivity index (χ2v) is 13.7. The molecule has 13 heteroatoms. The average molecular weight is 695 g/mol. The van der Waals surface area contributed by atoms with Crippen LogP contribution in [0.1, 0.15) is 51.0 Å². The largest absolute Gasteiger partial charge is 0.493 e. The van der Waals surface area contributed by atoms with Crippen LogP contribution in [0.2, 0.25) is 10.0 Å². The molecule has 1 saturated carbocycles. The molecule has 1 aliphatic carbocycles. The van der Waals surface area contributed by atoms with E-state index in [-0.39, 0.29) is 46.3 Å². The Balaban J connectivity index is 1.74. The first-order valence-electron chi connectivity index (χ1n) is 15.0. The number of ether oxygens (including phenoxy) is 2. The quantitative estimate of drug-likeness (QED) is 0.216. The Morgan fingerprint density at radius 3 is 2.22 bits per heavy atom. The molecule has 3 aromatic carbocycles. The van der Waals surface area contributed by atoms with Crippen LogP contribution >= 0.6 is 23.2 Å². The van der Waals surface area contributed by atoms with Crippen LogP contribution in [0.5, 0.6) is 11.5 Å². The third-order valence-electron chi connectivity index (χ3n) is 8.01. The minimum absolute atomic E-state index is 0.00151. The van der Waals surface area contributed by atoms with Crippen LogP contribution in [0.25, 0.3) is 0 Å². The summed E-state index contributed by atoms with van der Waals surface area (Å²) in [6.45, 7) is 1.06. The second-order valence-electron chi connectivity index (χ2n) is 11.0. The minimum Gasteiger partial charge on any atom is -0.493 e. The second kappa shape index (κ2) is 15.8. The standard InChI is InChI=1S/C33H38Cl2FN3O6S/c1-4-29(33(41)37-24-8-6-5-7-9-24)38(20-22-10-16-27(34)28(35)18-22)32(40)21-39(25-13-11-23(36)12-14-25)46(42,43)26-15-17-30(44-2)31(19-26)45-3/h10-19,24,29H,4-9,20-21H2,1-3H3,(H,37,41)/t29-/m0/s1. The Morgan fingerprint density at radius 1 is 0.935 bits per heavy atom. The zero-order chi connectivity index (χ0) is 33.4. The summed E-state index contributed by atoms with van der Waals surface area (Å²) >= 11 is 12.4. The molecule has 2 amide bonds. The van der Waals surface area contributed by atoms with Crippen molar-refractivity contribution in [2.24, 2.45) is 0 Å². The van der Waals surface area contributed by atoms with Crippen LogP contribution in [0.15, 0.2) is 65.6 Å². The van der Waals surface area contributed by atoms with E-state index < -0.39 is 34.3 Å². The van der Waals surface area contributed by atoms with E-state index in [2.05, 4.69) is 5.32 Å². The summed E-state index contributed by atoms with van der Waals surface area (Å²) < 4.78 is 53.7. The molecule has 0 radical (unpaired) electrons. The highest BCUT2D eigenvalue weighted by Crippen LogP contribution is 2.33. The summed E-state index contributed by atoms with van der Waals surface area (Å²) in [5, 5.41) is 3.70. The van der Waals surface area contributed by atoms with Crippen molar-refractivity contribution in [2.75, 3.05) is 25.1 Å². The molecule has 1 N–H and O–H groups in total. The molecular formula is C33H38Cl2FN3O6S. The number of benzene rings is 3. The van der Waals surface area contributed by atoms with Crippen LogP contribution in [0, 0.1) is 5.82 Å². The monoisotopic (exact) mass is 693 g/mol. The number of carbonyl (C=O) groups is 2. The van der Waals surface area contributed by atoms with Crippen LogP contribution in [-0.2, 0) is 26.2 Å². The third-order valence-corrected chi connectivity index (χ3v) is 10.5. The minimum atomic E-state index is -4.42. The summed E-state index contributed by atoms with van der Waals surface area (Å²) in [7, 11) is -1.63. The van der Waals surface area contributed by atoms with Gasteiger partial charge in [0.2, 0.25) is 11.8 Å². The molecule has 1 fully saturated rings.